The molecule has 1 atom stereocenters. The maximum Gasteiger partial charge on any atom is 0.0447 e. The van der Waals surface area contributed by atoms with Gasteiger partial charge in [0, 0.05) is 43.3 Å². The molecule has 3 N–H and O–H groups in total. The summed E-state index contributed by atoms with van der Waals surface area (Å²) in [4.78, 5) is 3.67. The van der Waals surface area contributed by atoms with Gasteiger partial charge in [-0.2, -0.15) is 0 Å². The van der Waals surface area contributed by atoms with E-state index in [9.17, 15) is 0 Å². The highest BCUT2D eigenvalue weighted by Gasteiger charge is 2.18. The van der Waals surface area contributed by atoms with Crippen LogP contribution >= 0.6 is 11.3 Å². The Hall–Kier alpha value is -1.36. The van der Waals surface area contributed by atoms with E-state index in [0.717, 1.165) is 19.5 Å². The Morgan fingerprint density at radius 2 is 2.30 bits per heavy atom. The van der Waals surface area contributed by atoms with Crippen molar-refractivity contribution in [2.75, 3.05) is 25.0 Å². The predicted molar refractivity (Wildman–Crippen MR) is 86.4 cm³/mol. The largest absolute Gasteiger partial charge is 0.374 e. The quantitative estimate of drug-likeness (QED) is 0.888. The molecule has 1 unspecified atom stereocenters. The molecule has 20 heavy (non-hydrogen) atoms. The zero-order valence-electron chi connectivity index (χ0n) is 11.8. The van der Waals surface area contributed by atoms with Gasteiger partial charge < -0.3 is 16.0 Å². The summed E-state index contributed by atoms with van der Waals surface area (Å²) >= 11 is 1.78. The Bertz CT molecular complexity index is 565. The third kappa shape index (κ3) is 2.73. The van der Waals surface area contributed by atoms with E-state index >= 15 is 0 Å². The Kier molecular flexibility index (Phi) is 4.05. The fraction of sp³-hybridized carbons (Fsp3) is 0.375. The molecule has 1 aromatic heterocycles. The number of nitrogens with zero attached hydrogens (tertiary/aromatic N) is 1. The van der Waals surface area contributed by atoms with Gasteiger partial charge >= 0.3 is 0 Å². The third-order valence-electron chi connectivity index (χ3n) is 3.97. The summed E-state index contributed by atoms with van der Waals surface area (Å²) in [5.74, 6) is 0. The van der Waals surface area contributed by atoms with Crippen molar-refractivity contribution in [3.63, 3.8) is 0 Å². The average Bonchev–Trinajstić information content (AvgIpc) is 3.10. The van der Waals surface area contributed by atoms with Crippen molar-refractivity contribution in [1.29, 1.82) is 0 Å². The van der Waals surface area contributed by atoms with Gasteiger partial charge in [-0.3, -0.25) is 0 Å². The van der Waals surface area contributed by atoms with Crippen LogP contribution in [0.5, 0.6) is 0 Å². The van der Waals surface area contributed by atoms with Crippen LogP contribution in [0.15, 0.2) is 35.7 Å². The first kappa shape index (κ1) is 13.6. The summed E-state index contributed by atoms with van der Waals surface area (Å²) in [5.41, 5.74) is 10.1. The molecule has 1 aliphatic rings. The smallest absolute Gasteiger partial charge is 0.0447 e. The first-order valence-electron chi connectivity index (χ1n) is 7.07. The SMILES string of the molecule is CN1CCc2cc(C(CN)NCc3cccs3)ccc21. The average molecular weight is 287 g/mol. The summed E-state index contributed by atoms with van der Waals surface area (Å²) in [6, 6.07) is 11.2. The molecule has 3 nitrogen and oxygen atoms in total. The first-order valence-corrected chi connectivity index (χ1v) is 7.95. The van der Waals surface area contributed by atoms with Crippen molar-refractivity contribution in [1.82, 2.24) is 5.32 Å². The van der Waals surface area contributed by atoms with E-state index < -0.39 is 0 Å². The molecular weight excluding hydrogens is 266 g/mol. The molecule has 3 rings (SSSR count). The molecule has 2 heterocycles. The summed E-state index contributed by atoms with van der Waals surface area (Å²) in [7, 11) is 2.15. The van der Waals surface area contributed by atoms with E-state index in [1.807, 2.05) is 0 Å². The molecule has 0 amide bonds. The van der Waals surface area contributed by atoms with Crippen molar-refractivity contribution in [3.8, 4) is 0 Å². The number of thiophene rings is 1. The second-order valence-electron chi connectivity index (χ2n) is 5.31. The molecule has 0 radical (unpaired) electrons. The van der Waals surface area contributed by atoms with Crippen LogP contribution in [0.1, 0.15) is 22.0 Å². The van der Waals surface area contributed by atoms with Gasteiger partial charge in [-0.05, 0) is 35.1 Å². The first-order chi connectivity index (χ1) is 9.78. The van der Waals surface area contributed by atoms with Crippen LogP contribution < -0.4 is 16.0 Å². The topological polar surface area (TPSA) is 41.3 Å². The summed E-state index contributed by atoms with van der Waals surface area (Å²) in [6.07, 6.45) is 1.14. The molecule has 0 spiro atoms. The number of benzene rings is 1. The number of likely N-dealkylation sites (N-methyl/N-ethyl adjacent to an activating group) is 1. The zero-order chi connectivity index (χ0) is 13.9. The van der Waals surface area contributed by atoms with E-state index in [1.54, 1.807) is 11.3 Å². The van der Waals surface area contributed by atoms with Gasteiger partial charge in [-0.1, -0.05) is 18.2 Å². The highest BCUT2D eigenvalue weighted by Crippen LogP contribution is 2.29. The number of nitrogens with one attached hydrogen (secondary N) is 1. The van der Waals surface area contributed by atoms with E-state index in [-0.39, 0.29) is 6.04 Å². The lowest BCUT2D eigenvalue weighted by molar-refractivity contribution is 0.545. The highest BCUT2D eigenvalue weighted by atomic mass is 32.1. The Labute approximate surface area is 124 Å². The maximum atomic E-state index is 5.95. The standard InChI is InChI=1S/C16H21N3S/c1-19-7-6-13-9-12(4-5-16(13)19)15(10-17)18-11-14-3-2-8-20-14/h2-5,8-9,15,18H,6-7,10-11,17H2,1H3. The molecule has 0 aliphatic carbocycles. The van der Waals surface area contributed by atoms with Gasteiger partial charge in [0.1, 0.15) is 0 Å². The molecular formula is C16H21N3S. The summed E-state index contributed by atoms with van der Waals surface area (Å²) < 4.78 is 0. The lowest BCUT2D eigenvalue weighted by Crippen LogP contribution is -2.27. The fourth-order valence-electron chi connectivity index (χ4n) is 2.78. The van der Waals surface area contributed by atoms with Crippen LogP contribution in [0.2, 0.25) is 0 Å². The molecule has 1 aliphatic heterocycles. The Morgan fingerprint density at radius 1 is 1.40 bits per heavy atom. The number of rotatable bonds is 5. The van der Waals surface area contributed by atoms with E-state index in [4.69, 9.17) is 5.73 Å². The van der Waals surface area contributed by atoms with E-state index in [0.29, 0.717) is 6.54 Å². The number of anilines is 1. The van der Waals surface area contributed by atoms with Crippen LogP contribution in [-0.4, -0.2) is 20.1 Å². The Balaban J connectivity index is 1.73. The number of hydrogen-bond donors (Lipinski definition) is 2. The molecule has 1 aromatic carbocycles. The maximum absolute atomic E-state index is 5.95. The summed E-state index contributed by atoms with van der Waals surface area (Å²) in [5, 5.41) is 5.67. The molecule has 0 saturated heterocycles. The number of hydrogen-bond acceptors (Lipinski definition) is 4. The van der Waals surface area contributed by atoms with Gasteiger partial charge in [0.2, 0.25) is 0 Å². The van der Waals surface area contributed by atoms with Crippen molar-refractivity contribution in [2.45, 2.75) is 19.0 Å². The van der Waals surface area contributed by atoms with Gasteiger partial charge in [0.25, 0.3) is 0 Å². The minimum absolute atomic E-state index is 0.230. The normalized spacial score (nSPS) is 15.4. The molecule has 2 aromatic rings. The lowest BCUT2D eigenvalue weighted by atomic mass is 10.0. The Morgan fingerprint density at radius 3 is 3.05 bits per heavy atom. The molecule has 0 bridgehead atoms. The van der Waals surface area contributed by atoms with Crippen LogP contribution in [-0.2, 0) is 13.0 Å². The molecule has 0 saturated carbocycles. The van der Waals surface area contributed by atoms with Crippen LogP contribution in [0.4, 0.5) is 5.69 Å². The van der Waals surface area contributed by atoms with E-state index in [2.05, 4.69) is 53.0 Å². The summed E-state index contributed by atoms with van der Waals surface area (Å²) in [6.45, 7) is 2.63. The molecule has 4 heteroatoms. The van der Waals surface area contributed by atoms with Crippen molar-refractivity contribution in [3.05, 3.63) is 51.7 Å². The monoisotopic (exact) mass is 287 g/mol. The van der Waals surface area contributed by atoms with Crippen molar-refractivity contribution in [2.24, 2.45) is 5.73 Å². The second-order valence-corrected chi connectivity index (χ2v) is 6.34. The minimum atomic E-state index is 0.230. The van der Waals surface area contributed by atoms with Crippen molar-refractivity contribution < 1.29 is 0 Å². The van der Waals surface area contributed by atoms with Crippen LogP contribution in [0.25, 0.3) is 0 Å². The third-order valence-corrected chi connectivity index (χ3v) is 4.85. The number of nitrogens with two attached hydrogens (primary N) is 1. The second kappa shape index (κ2) is 5.95. The minimum Gasteiger partial charge on any atom is -0.374 e. The lowest BCUT2D eigenvalue weighted by Gasteiger charge is -2.19. The van der Waals surface area contributed by atoms with Gasteiger partial charge in [-0.25, -0.2) is 0 Å². The van der Waals surface area contributed by atoms with Gasteiger partial charge in [0.15, 0.2) is 0 Å². The molecule has 0 fully saturated rings. The zero-order valence-corrected chi connectivity index (χ0v) is 12.6. The highest BCUT2D eigenvalue weighted by molar-refractivity contribution is 7.09. The fourth-order valence-corrected chi connectivity index (χ4v) is 3.43. The van der Waals surface area contributed by atoms with Crippen LogP contribution in [0.3, 0.4) is 0 Å². The molecule has 106 valence electrons. The van der Waals surface area contributed by atoms with Crippen molar-refractivity contribution >= 4 is 17.0 Å². The number of fused-ring (bicyclic) bond motifs is 1. The van der Waals surface area contributed by atoms with Crippen LogP contribution in [0, 0.1) is 0 Å². The van der Waals surface area contributed by atoms with Gasteiger partial charge in [-0.15, -0.1) is 11.3 Å². The van der Waals surface area contributed by atoms with E-state index in [1.165, 1.54) is 21.7 Å². The predicted octanol–water partition coefficient (Wildman–Crippen LogP) is 2.53. The van der Waals surface area contributed by atoms with Gasteiger partial charge in [0.05, 0.1) is 0 Å².